The summed E-state index contributed by atoms with van der Waals surface area (Å²) in [5.41, 5.74) is -0.186. The van der Waals surface area contributed by atoms with Gasteiger partial charge in [0.1, 0.15) is 6.07 Å². The van der Waals surface area contributed by atoms with Crippen LogP contribution in [0.15, 0.2) is 18.3 Å². The Bertz CT molecular complexity index is 684. The third kappa shape index (κ3) is 1.62. The number of hydrogen-bond acceptors (Lipinski definition) is 2. The lowest BCUT2D eigenvalue weighted by atomic mass is 9.54. The highest BCUT2D eigenvalue weighted by Gasteiger charge is 2.55. The molecule has 1 aromatic rings. The number of aromatic nitrogens is 1. The van der Waals surface area contributed by atoms with Crippen LogP contribution in [0.5, 0.6) is 0 Å². The minimum absolute atomic E-state index is 0.0776. The summed E-state index contributed by atoms with van der Waals surface area (Å²) in [5.74, 6) is 0.606. The summed E-state index contributed by atoms with van der Waals surface area (Å²) in [7, 11) is 0. The lowest BCUT2D eigenvalue weighted by molar-refractivity contribution is -0.139. The summed E-state index contributed by atoms with van der Waals surface area (Å²) in [5, 5.41) is 9.00. The van der Waals surface area contributed by atoms with Gasteiger partial charge in [-0.15, -0.1) is 0 Å². The van der Waals surface area contributed by atoms with E-state index in [9.17, 15) is 13.2 Å². The van der Waals surface area contributed by atoms with Gasteiger partial charge in [-0.05, 0) is 42.6 Å². The van der Waals surface area contributed by atoms with E-state index in [2.05, 4.69) is 17.1 Å². The first-order chi connectivity index (χ1) is 10.0. The largest absolute Gasteiger partial charge is 0.418 e. The van der Waals surface area contributed by atoms with Gasteiger partial charge in [0.05, 0.1) is 11.1 Å². The van der Waals surface area contributed by atoms with E-state index in [-0.39, 0.29) is 23.3 Å². The molecule has 0 amide bonds. The molecule has 4 atom stereocenters. The molecule has 4 aliphatic carbocycles. The van der Waals surface area contributed by atoms with Crippen LogP contribution >= 0.6 is 0 Å². The van der Waals surface area contributed by atoms with Gasteiger partial charge in [0.2, 0.25) is 0 Å². The Labute approximate surface area is 120 Å². The van der Waals surface area contributed by atoms with Crippen molar-refractivity contribution in [3.8, 4) is 6.07 Å². The molecule has 0 N–H and O–H groups in total. The van der Waals surface area contributed by atoms with Crippen LogP contribution in [0.3, 0.4) is 0 Å². The summed E-state index contributed by atoms with van der Waals surface area (Å²) in [4.78, 5) is 4.20. The first-order valence-corrected chi connectivity index (χ1v) is 7.19. The maximum Gasteiger partial charge on any atom is 0.418 e. The van der Waals surface area contributed by atoms with E-state index in [1.165, 1.54) is 0 Å². The fourth-order valence-electron chi connectivity index (χ4n) is 4.46. The topological polar surface area (TPSA) is 36.7 Å². The molecule has 0 aliphatic heterocycles. The summed E-state index contributed by atoms with van der Waals surface area (Å²) in [6.45, 7) is 0. The van der Waals surface area contributed by atoms with Crippen molar-refractivity contribution in [3.63, 3.8) is 0 Å². The Morgan fingerprint density at radius 1 is 1.24 bits per heavy atom. The smallest absolute Gasteiger partial charge is 0.259 e. The Morgan fingerprint density at radius 2 is 2.05 bits per heavy atom. The molecular formula is C16H13F3N2. The summed E-state index contributed by atoms with van der Waals surface area (Å²) < 4.78 is 40.3. The van der Waals surface area contributed by atoms with E-state index in [4.69, 9.17) is 5.26 Å². The van der Waals surface area contributed by atoms with Crippen LogP contribution in [0.2, 0.25) is 0 Å². The maximum absolute atomic E-state index is 13.4. The Balaban J connectivity index is 1.93. The molecule has 0 spiro atoms. The third-order valence-corrected chi connectivity index (χ3v) is 5.25. The number of alkyl halides is 3. The van der Waals surface area contributed by atoms with E-state index in [0.717, 1.165) is 25.5 Å². The third-order valence-electron chi connectivity index (χ3n) is 5.25. The molecule has 0 radical (unpaired) electrons. The number of rotatable bonds is 0. The van der Waals surface area contributed by atoms with E-state index < -0.39 is 11.7 Å². The molecule has 5 heteroatoms. The number of allylic oxidation sites excluding steroid dienone is 2. The average Bonchev–Trinajstić information content (AvgIpc) is 2.72. The molecule has 1 fully saturated rings. The monoisotopic (exact) mass is 290 g/mol. The second-order valence-corrected chi connectivity index (χ2v) is 6.17. The highest BCUT2D eigenvalue weighted by Crippen LogP contribution is 2.63. The van der Waals surface area contributed by atoms with Gasteiger partial charge in [0, 0.05) is 17.8 Å². The molecule has 4 aliphatic rings. The van der Waals surface area contributed by atoms with Crippen molar-refractivity contribution in [2.45, 2.75) is 37.3 Å². The van der Waals surface area contributed by atoms with E-state index in [1.807, 2.05) is 0 Å². The summed E-state index contributed by atoms with van der Waals surface area (Å²) in [6, 6.07) is 1.66. The van der Waals surface area contributed by atoms with Crippen LogP contribution in [-0.2, 0) is 6.18 Å². The van der Waals surface area contributed by atoms with E-state index >= 15 is 0 Å². The molecule has 108 valence electrons. The first-order valence-electron chi connectivity index (χ1n) is 7.19. The fraction of sp³-hybridized carbons (Fsp3) is 0.500. The molecule has 0 saturated heterocycles. The van der Waals surface area contributed by atoms with Crippen molar-refractivity contribution in [1.82, 2.24) is 4.98 Å². The van der Waals surface area contributed by atoms with E-state index in [1.54, 1.807) is 6.07 Å². The van der Waals surface area contributed by atoms with Crippen LogP contribution in [0.1, 0.15) is 53.5 Å². The Morgan fingerprint density at radius 3 is 2.76 bits per heavy atom. The highest BCUT2D eigenvalue weighted by atomic mass is 19.4. The van der Waals surface area contributed by atoms with Gasteiger partial charge in [-0.2, -0.15) is 18.4 Å². The number of pyridine rings is 1. The number of halogens is 3. The molecule has 1 saturated carbocycles. The minimum atomic E-state index is -4.48. The number of nitriles is 1. The molecule has 21 heavy (non-hydrogen) atoms. The molecule has 2 nitrogen and oxygen atoms in total. The lowest BCUT2D eigenvalue weighted by Crippen LogP contribution is -2.40. The van der Waals surface area contributed by atoms with Crippen LogP contribution in [0.25, 0.3) is 0 Å². The van der Waals surface area contributed by atoms with E-state index in [0.29, 0.717) is 17.2 Å². The molecule has 1 aromatic heterocycles. The number of fused-ring (bicyclic) bond motifs is 3. The lowest BCUT2D eigenvalue weighted by Gasteiger charge is -2.49. The number of nitrogens with zero attached hydrogens (tertiary/aromatic N) is 2. The zero-order valence-electron chi connectivity index (χ0n) is 11.2. The summed E-state index contributed by atoms with van der Waals surface area (Å²) >= 11 is 0. The Hall–Kier alpha value is -1.83. The van der Waals surface area contributed by atoms with Crippen LogP contribution in [-0.4, -0.2) is 4.98 Å². The predicted molar refractivity (Wildman–Crippen MR) is 69.4 cm³/mol. The van der Waals surface area contributed by atoms with Crippen LogP contribution < -0.4 is 0 Å². The molecule has 4 unspecified atom stereocenters. The zero-order chi connectivity index (χ0) is 14.8. The van der Waals surface area contributed by atoms with Crippen molar-refractivity contribution in [2.75, 3.05) is 0 Å². The van der Waals surface area contributed by atoms with Crippen molar-refractivity contribution in [2.24, 2.45) is 11.8 Å². The second-order valence-electron chi connectivity index (χ2n) is 6.17. The van der Waals surface area contributed by atoms with Crippen molar-refractivity contribution < 1.29 is 13.2 Å². The average molecular weight is 290 g/mol. The quantitative estimate of drug-likeness (QED) is 0.673. The van der Waals surface area contributed by atoms with Crippen molar-refractivity contribution >= 4 is 0 Å². The Kier molecular flexibility index (Phi) is 2.51. The fourth-order valence-corrected chi connectivity index (χ4v) is 4.46. The molecule has 2 bridgehead atoms. The normalized spacial score (nSPS) is 32.7. The molecule has 1 heterocycles. The molecular weight excluding hydrogens is 277 g/mol. The van der Waals surface area contributed by atoms with Gasteiger partial charge >= 0.3 is 6.18 Å². The molecule has 5 rings (SSSR count). The van der Waals surface area contributed by atoms with Gasteiger partial charge in [-0.1, -0.05) is 12.2 Å². The van der Waals surface area contributed by atoms with Gasteiger partial charge in [0.25, 0.3) is 0 Å². The SMILES string of the molecule is N#Cc1cnc2c(c1C(F)(F)F)C1C3CC=CC(CC3)C21. The van der Waals surface area contributed by atoms with Crippen LogP contribution in [0.4, 0.5) is 13.2 Å². The summed E-state index contributed by atoms with van der Waals surface area (Å²) in [6.07, 6.45) is 3.71. The molecule has 0 aromatic carbocycles. The standard InChI is InChI=1S/C16H13F3N2/c17-16(18,19)14-10(6-20)7-21-15-12-9-3-1-2-8(4-5-9)11(12)13(14)15/h1,3,7-9,11-12H,2,4-5H2. The minimum Gasteiger partial charge on any atom is -0.259 e. The van der Waals surface area contributed by atoms with Crippen molar-refractivity contribution in [1.29, 1.82) is 5.26 Å². The van der Waals surface area contributed by atoms with Gasteiger partial charge < -0.3 is 0 Å². The van der Waals surface area contributed by atoms with Crippen LogP contribution in [0, 0.1) is 23.2 Å². The van der Waals surface area contributed by atoms with Gasteiger partial charge in [0.15, 0.2) is 0 Å². The van der Waals surface area contributed by atoms with Crippen molar-refractivity contribution in [3.05, 3.63) is 40.7 Å². The predicted octanol–water partition coefficient (Wildman–Crippen LogP) is 4.14. The second kappa shape index (κ2) is 4.09. The van der Waals surface area contributed by atoms with Gasteiger partial charge in [-0.25, -0.2) is 0 Å². The zero-order valence-corrected chi connectivity index (χ0v) is 11.2. The van der Waals surface area contributed by atoms with Gasteiger partial charge in [-0.3, -0.25) is 4.98 Å². The maximum atomic E-state index is 13.4. The highest BCUT2D eigenvalue weighted by molar-refractivity contribution is 5.55. The first kappa shape index (κ1) is 12.9. The number of hydrogen-bond donors (Lipinski definition) is 0.